The first-order valence-corrected chi connectivity index (χ1v) is 9.90. The number of nitrogens with one attached hydrogen (secondary N) is 1. The molecule has 8 nitrogen and oxygen atoms in total. The SMILES string of the molecule is COc1ccc(CNC(=O)[C@@H](C)Sc2nnnn2-c2cc(C)ccc2OC)cc1. The van der Waals surface area contributed by atoms with E-state index in [0.717, 1.165) is 22.6 Å². The van der Waals surface area contributed by atoms with Gasteiger partial charge in [-0.3, -0.25) is 4.79 Å². The highest BCUT2D eigenvalue weighted by Gasteiger charge is 2.20. The van der Waals surface area contributed by atoms with Gasteiger partial charge in [0.25, 0.3) is 0 Å². The second-order valence-corrected chi connectivity index (χ2v) is 7.68. The molecule has 1 amide bonds. The minimum absolute atomic E-state index is 0.100. The molecule has 152 valence electrons. The van der Waals surface area contributed by atoms with E-state index in [1.165, 1.54) is 11.8 Å². The van der Waals surface area contributed by atoms with Crippen LogP contribution in [-0.4, -0.2) is 45.6 Å². The van der Waals surface area contributed by atoms with Crippen LogP contribution in [0.5, 0.6) is 11.5 Å². The zero-order valence-electron chi connectivity index (χ0n) is 16.7. The predicted molar refractivity (Wildman–Crippen MR) is 111 cm³/mol. The Balaban J connectivity index is 1.67. The van der Waals surface area contributed by atoms with Crippen molar-refractivity contribution in [3.8, 4) is 17.2 Å². The largest absolute Gasteiger partial charge is 0.497 e. The first kappa shape index (κ1) is 20.7. The Kier molecular flexibility index (Phi) is 6.71. The molecule has 0 spiro atoms. The zero-order valence-corrected chi connectivity index (χ0v) is 17.6. The highest BCUT2D eigenvalue weighted by Crippen LogP contribution is 2.28. The summed E-state index contributed by atoms with van der Waals surface area (Å²) < 4.78 is 12.2. The van der Waals surface area contributed by atoms with Gasteiger partial charge < -0.3 is 14.8 Å². The minimum atomic E-state index is -0.381. The van der Waals surface area contributed by atoms with Crippen molar-refractivity contribution in [3.63, 3.8) is 0 Å². The summed E-state index contributed by atoms with van der Waals surface area (Å²) in [6.07, 6.45) is 0. The van der Waals surface area contributed by atoms with Crippen LogP contribution in [0, 0.1) is 6.92 Å². The van der Waals surface area contributed by atoms with E-state index in [-0.39, 0.29) is 11.2 Å². The zero-order chi connectivity index (χ0) is 20.8. The van der Waals surface area contributed by atoms with E-state index in [9.17, 15) is 4.79 Å². The lowest BCUT2D eigenvalue weighted by Gasteiger charge is -2.13. The van der Waals surface area contributed by atoms with E-state index in [2.05, 4.69) is 20.8 Å². The molecular weight excluding hydrogens is 390 g/mol. The maximum atomic E-state index is 12.5. The average molecular weight is 414 g/mol. The van der Waals surface area contributed by atoms with Crippen molar-refractivity contribution in [1.82, 2.24) is 25.5 Å². The molecule has 1 aromatic heterocycles. The number of hydrogen-bond donors (Lipinski definition) is 1. The summed E-state index contributed by atoms with van der Waals surface area (Å²) in [5.41, 5.74) is 2.77. The second kappa shape index (κ2) is 9.42. The Bertz CT molecular complexity index is 975. The number of tetrazole rings is 1. The van der Waals surface area contributed by atoms with E-state index in [0.29, 0.717) is 17.5 Å². The number of thioether (sulfide) groups is 1. The smallest absolute Gasteiger partial charge is 0.233 e. The van der Waals surface area contributed by atoms with Gasteiger partial charge in [-0.15, -0.1) is 5.10 Å². The maximum absolute atomic E-state index is 12.5. The predicted octanol–water partition coefficient (Wildman–Crippen LogP) is 2.78. The molecule has 0 fully saturated rings. The third-order valence-corrected chi connectivity index (χ3v) is 5.31. The van der Waals surface area contributed by atoms with Crippen molar-refractivity contribution < 1.29 is 14.3 Å². The van der Waals surface area contributed by atoms with Crippen molar-refractivity contribution in [2.24, 2.45) is 0 Å². The van der Waals surface area contributed by atoms with Gasteiger partial charge in [0.15, 0.2) is 0 Å². The van der Waals surface area contributed by atoms with E-state index in [4.69, 9.17) is 9.47 Å². The minimum Gasteiger partial charge on any atom is -0.497 e. The van der Waals surface area contributed by atoms with Gasteiger partial charge >= 0.3 is 0 Å². The van der Waals surface area contributed by atoms with Gasteiger partial charge in [-0.1, -0.05) is 30.0 Å². The summed E-state index contributed by atoms with van der Waals surface area (Å²) in [5, 5.41) is 15.0. The molecule has 0 unspecified atom stereocenters. The highest BCUT2D eigenvalue weighted by molar-refractivity contribution is 8.00. The number of hydrogen-bond acceptors (Lipinski definition) is 7. The fourth-order valence-electron chi connectivity index (χ4n) is 2.66. The molecule has 2 aromatic carbocycles. The molecule has 9 heteroatoms. The fraction of sp³-hybridized carbons (Fsp3) is 0.300. The molecule has 0 aliphatic carbocycles. The normalized spacial score (nSPS) is 11.7. The lowest BCUT2D eigenvalue weighted by Crippen LogP contribution is -2.30. The van der Waals surface area contributed by atoms with Gasteiger partial charge in [-0.25, -0.2) is 0 Å². The number of carbonyl (C=O) groups is 1. The van der Waals surface area contributed by atoms with Gasteiger partial charge in [0.2, 0.25) is 11.1 Å². The number of methoxy groups -OCH3 is 2. The molecular formula is C20H23N5O3S. The fourth-order valence-corrected chi connectivity index (χ4v) is 3.48. The number of ether oxygens (including phenoxy) is 2. The van der Waals surface area contributed by atoms with Gasteiger partial charge in [-0.05, 0) is 59.7 Å². The van der Waals surface area contributed by atoms with E-state index >= 15 is 0 Å². The molecule has 29 heavy (non-hydrogen) atoms. The standard InChI is InChI=1S/C20H23N5O3S/c1-13-5-10-18(28-4)17(11-13)25-20(22-23-24-25)29-14(2)19(26)21-12-15-6-8-16(27-3)9-7-15/h5-11,14H,12H2,1-4H3,(H,21,26)/t14-/m1/s1. The topological polar surface area (TPSA) is 91.2 Å². The Hall–Kier alpha value is -3.07. The van der Waals surface area contributed by atoms with Crippen molar-refractivity contribution in [2.75, 3.05) is 14.2 Å². The summed E-state index contributed by atoms with van der Waals surface area (Å²) in [6, 6.07) is 13.3. The Morgan fingerprint density at radius 1 is 1.17 bits per heavy atom. The van der Waals surface area contributed by atoms with E-state index in [1.54, 1.807) is 18.9 Å². The van der Waals surface area contributed by atoms with Crippen molar-refractivity contribution in [3.05, 3.63) is 53.6 Å². The Morgan fingerprint density at radius 3 is 2.62 bits per heavy atom. The molecule has 0 radical (unpaired) electrons. The van der Waals surface area contributed by atoms with Crippen LogP contribution in [0.2, 0.25) is 0 Å². The summed E-state index contributed by atoms with van der Waals surface area (Å²) >= 11 is 1.29. The maximum Gasteiger partial charge on any atom is 0.233 e. The molecule has 1 N–H and O–H groups in total. The van der Waals surface area contributed by atoms with Gasteiger partial charge in [0, 0.05) is 6.54 Å². The molecule has 0 saturated heterocycles. The summed E-state index contributed by atoms with van der Waals surface area (Å²) in [6.45, 7) is 4.24. The van der Waals surface area contributed by atoms with Gasteiger partial charge in [-0.2, -0.15) is 4.68 Å². The van der Waals surface area contributed by atoms with E-state index < -0.39 is 0 Å². The lowest BCUT2D eigenvalue weighted by atomic mass is 10.2. The lowest BCUT2D eigenvalue weighted by molar-refractivity contribution is -0.120. The third-order valence-electron chi connectivity index (χ3n) is 4.28. The van der Waals surface area contributed by atoms with Crippen LogP contribution in [-0.2, 0) is 11.3 Å². The molecule has 3 rings (SSSR count). The summed E-state index contributed by atoms with van der Waals surface area (Å²) in [4.78, 5) is 12.5. The summed E-state index contributed by atoms with van der Waals surface area (Å²) in [5.74, 6) is 1.33. The monoisotopic (exact) mass is 413 g/mol. The van der Waals surface area contributed by atoms with Crippen LogP contribution in [0.3, 0.4) is 0 Å². The number of rotatable bonds is 8. The molecule has 0 saturated carbocycles. The summed E-state index contributed by atoms with van der Waals surface area (Å²) in [7, 11) is 3.22. The Labute approximate surface area is 173 Å². The van der Waals surface area contributed by atoms with E-state index in [1.807, 2.05) is 56.3 Å². The highest BCUT2D eigenvalue weighted by atomic mass is 32.2. The molecule has 0 aliphatic rings. The number of nitrogens with zero attached hydrogens (tertiary/aromatic N) is 4. The number of aryl methyl sites for hydroxylation is 1. The molecule has 0 bridgehead atoms. The molecule has 0 aliphatic heterocycles. The number of amides is 1. The van der Waals surface area contributed by atoms with Crippen LogP contribution >= 0.6 is 11.8 Å². The van der Waals surface area contributed by atoms with Crippen molar-refractivity contribution in [1.29, 1.82) is 0 Å². The van der Waals surface area contributed by atoms with Gasteiger partial charge in [0.05, 0.1) is 19.5 Å². The third kappa shape index (κ3) is 5.05. The van der Waals surface area contributed by atoms with Crippen LogP contribution in [0.15, 0.2) is 47.6 Å². The van der Waals surface area contributed by atoms with Crippen LogP contribution in [0.4, 0.5) is 0 Å². The first-order valence-electron chi connectivity index (χ1n) is 9.02. The molecule has 1 heterocycles. The molecule has 1 atom stereocenters. The molecule has 3 aromatic rings. The number of carbonyl (C=O) groups excluding carboxylic acids is 1. The first-order chi connectivity index (χ1) is 14.0. The van der Waals surface area contributed by atoms with Crippen LogP contribution < -0.4 is 14.8 Å². The Morgan fingerprint density at radius 2 is 1.93 bits per heavy atom. The second-order valence-electron chi connectivity index (χ2n) is 6.37. The van der Waals surface area contributed by atoms with Crippen molar-refractivity contribution in [2.45, 2.75) is 30.8 Å². The van der Waals surface area contributed by atoms with Crippen molar-refractivity contribution >= 4 is 17.7 Å². The number of aromatic nitrogens is 4. The number of benzene rings is 2. The van der Waals surface area contributed by atoms with Crippen LogP contribution in [0.1, 0.15) is 18.1 Å². The average Bonchev–Trinajstić information content (AvgIpc) is 3.20. The van der Waals surface area contributed by atoms with Gasteiger partial charge in [0.1, 0.15) is 17.2 Å². The van der Waals surface area contributed by atoms with Crippen LogP contribution in [0.25, 0.3) is 5.69 Å². The quantitative estimate of drug-likeness (QED) is 0.568.